The van der Waals surface area contributed by atoms with E-state index < -0.39 is 0 Å². The first-order chi connectivity index (χ1) is 8.74. The minimum absolute atomic E-state index is 0.712. The Morgan fingerprint density at radius 2 is 2.39 bits per heavy atom. The normalized spacial score (nSPS) is 15.2. The quantitative estimate of drug-likeness (QED) is 0.908. The Hall–Kier alpha value is -0.920. The molecule has 0 atom stereocenters. The van der Waals surface area contributed by atoms with Crippen LogP contribution in [0.4, 0.5) is 0 Å². The topological polar surface area (TPSA) is 55.6 Å². The molecule has 2 heterocycles. The molecule has 3 rings (SSSR count). The summed E-state index contributed by atoms with van der Waals surface area (Å²) in [6.45, 7) is 2.96. The molecule has 0 aliphatic heterocycles. The molecule has 1 aliphatic rings. The first-order valence-corrected chi connectivity index (χ1v) is 7.63. The van der Waals surface area contributed by atoms with Crippen LogP contribution in [-0.2, 0) is 13.6 Å². The molecule has 1 N–H and O–H groups in total. The molecule has 1 fully saturated rings. The summed E-state index contributed by atoms with van der Waals surface area (Å²) in [5.41, 5.74) is 4.13. The van der Waals surface area contributed by atoms with Crippen LogP contribution in [0.15, 0.2) is 14.9 Å². The van der Waals surface area contributed by atoms with E-state index in [1.165, 1.54) is 18.4 Å². The van der Waals surface area contributed by atoms with E-state index in [0.29, 0.717) is 6.04 Å². The highest BCUT2D eigenvalue weighted by atomic mass is 32.2. The van der Waals surface area contributed by atoms with E-state index in [1.807, 2.05) is 11.7 Å². The lowest BCUT2D eigenvalue weighted by Crippen LogP contribution is -2.16. The highest BCUT2D eigenvalue weighted by Crippen LogP contribution is 2.32. The lowest BCUT2D eigenvalue weighted by Gasteiger charge is -2.05. The van der Waals surface area contributed by atoms with E-state index in [0.717, 1.165) is 21.6 Å². The molecule has 1 saturated carbocycles. The number of rotatable bonds is 5. The third-order valence-corrected chi connectivity index (χ3v) is 4.94. The average molecular weight is 281 g/mol. The van der Waals surface area contributed by atoms with Crippen LogP contribution < -0.4 is 5.32 Å². The van der Waals surface area contributed by atoms with Gasteiger partial charge < -0.3 is 5.32 Å². The Morgan fingerprint density at radius 3 is 3.06 bits per heavy atom. The van der Waals surface area contributed by atoms with Crippen LogP contribution in [0.25, 0.3) is 0 Å². The summed E-state index contributed by atoms with van der Waals surface area (Å²) in [7, 11) is 1.98. The van der Waals surface area contributed by atoms with E-state index in [4.69, 9.17) is 0 Å². The Morgan fingerprint density at radius 1 is 1.56 bits per heavy atom. The molecular weight excluding hydrogens is 266 g/mol. The molecular formula is C11H15N5S2. The zero-order chi connectivity index (χ0) is 12.5. The van der Waals surface area contributed by atoms with Crippen molar-refractivity contribution in [1.29, 1.82) is 0 Å². The van der Waals surface area contributed by atoms with Gasteiger partial charge in [0.25, 0.3) is 0 Å². The maximum absolute atomic E-state index is 4.50. The van der Waals surface area contributed by atoms with Gasteiger partial charge in [-0.3, -0.25) is 4.68 Å². The Balaban J connectivity index is 1.81. The number of nitrogens with zero attached hydrogens (tertiary/aromatic N) is 4. The van der Waals surface area contributed by atoms with Crippen LogP contribution in [-0.4, -0.2) is 26.0 Å². The molecule has 1 aliphatic carbocycles. The van der Waals surface area contributed by atoms with E-state index in [2.05, 4.69) is 27.5 Å². The first-order valence-electron chi connectivity index (χ1n) is 5.94. The molecule has 2 aromatic heterocycles. The standard InChI is InChI=1S/C11H15N5S2/c1-7-9(5-12-8-3-4-8)10(16(2)15-7)18-11-14-13-6-17-11/h6,8,12H,3-5H2,1-2H3. The largest absolute Gasteiger partial charge is 0.310 e. The summed E-state index contributed by atoms with van der Waals surface area (Å²) in [4.78, 5) is 0. The fourth-order valence-electron chi connectivity index (χ4n) is 1.84. The molecule has 0 radical (unpaired) electrons. The van der Waals surface area contributed by atoms with Gasteiger partial charge in [-0.25, -0.2) is 0 Å². The van der Waals surface area contributed by atoms with Crippen LogP contribution in [0.2, 0.25) is 0 Å². The van der Waals surface area contributed by atoms with Gasteiger partial charge in [0.15, 0.2) is 4.34 Å². The average Bonchev–Trinajstić information content (AvgIpc) is 2.95. The summed E-state index contributed by atoms with van der Waals surface area (Å²) >= 11 is 3.21. The Kier molecular flexibility index (Phi) is 3.36. The summed E-state index contributed by atoms with van der Waals surface area (Å²) in [5.74, 6) is 0. The van der Waals surface area contributed by atoms with Gasteiger partial charge in [0.1, 0.15) is 10.5 Å². The molecule has 0 spiro atoms. The van der Waals surface area contributed by atoms with Crippen molar-refractivity contribution in [2.75, 3.05) is 0 Å². The first kappa shape index (κ1) is 12.1. The molecule has 0 bridgehead atoms. The molecule has 0 saturated heterocycles. The third-order valence-electron chi connectivity index (χ3n) is 2.96. The monoisotopic (exact) mass is 281 g/mol. The maximum atomic E-state index is 4.50. The van der Waals surface area contributed by atoms with Crippen molar-refractivity contribution in [1.82, 2.24) is 25.3 Å². The fourth-order valence-corrected chi connectivity index (χ4v) is 3.44. The summed E-state index contributed by atoms with van der Waals surface area (Å²) < 4.78 is 2.90. The van der Waals surface area contributed by atoms with Crippen molar-refractivity contribution in [3.05, 3.63) is 16.8 Å². The zero-order valence-corrected chi connectivity index (χ0v) is 12.0. The van der Waals surface area contributed by atoms with Crippen LogP contribution in [0.3, 0.4) is 0 Å². The molecule has 7 heteroatoms. The second kappa shape index (κ2) is 4.99. The lowest BCUT2D eigenvalue weighted by atomic mass is 10.2. The summed E-state index contributed by atoms with van der Waals surface area (Å²) in [6.07, 6.45) is 2.61. The SMILES string of the molecule is Cc1nn(C)c(Sc2nncs2)c1CNC1CC1. The van der Waals surface area contributed by atoms with Crippen molar-refractivity contribution in [3.63, 3.8) is 0 Å². The van der Waals surface area contributed by atoms with Gasteiger partial charge in [-0.05, 0) is 31.5 Å². The van der Waals surface area contributed by atoms with Crippen molar-refractivity contribution < 1.29 is 0 Å². The molecule has 0 amide bonds. The van der Waals surface area contributed by atoms with Crippen molar-refractivity contribution >= 4 is 23.1 Å². The molecule has 2 aromatic rings. The summed E-state index contributed by atoms with van der Waals surface area (Å²) in [6, 6.07) is 0.712. The van der Waals surface area contributed by atoms with Crippen LogP contribution >= 0.6 is 23.1 Å². The second-order valence-electron chi connectivity index (χ2n) is 4.45. The van der Waals surface area contributed by atoms with Crippen LogP contribution in [0, 0.1) is 6.92 Å². The Bertz CT molecular complexity index is 530. The van der Waals surface area contributed by atoms with Gasteiger partial charge >= 0.3 is 0 Å². The predicted octanol–water partition coefficient (Wildman–Crippen LogP) is 1.98. The number of hydrogen-bond acceptors (Lipinski definition) is 6. The number of nitrogens with one attached hydrogen (secondary N) is 1. The van der Waals surface area contributed by atoms with E-state index >= 15 is 0 Å². The highest BCUT2D eigenvalue weighted by molar-refractivity contribution is 8.01. The van der Waals surface area contributed by atoms with Gasteiger partial charge in [-0.1, -0.05) is 11.3 Å². The van der Waals surface area contributed by atoms with Gasteiger partial charge in [0.05, 0.1) is 5.69 Å². The molecule has 0 unspecified atom stereocenters. The van der Waals surface area contributed by atoms with Gasteiger partial charge in [0.2, 0.25) is 0 Å². The summed E-state index contributed by atoms with van der Waals surface area (Å²) in [5, 5.41) is 17.2. The molecule has 0 aromatic carbocycles. The van der Waals surface area contributed by atoms with Crippen molar-refractivity contribution in [2.24, 2.45) is 7.05 Å². The van der Waals surface area contributed by atoms with Gasteiger partial charge in [-0.15, -0.1) is 10.2 Å². The van der Waals surface area contributed by atoms with Crippen LogP contribution in [0.1, 0.15) is 24.1 Å². The van der Waals surface area contributed by atoms with Crippen molar-refractivity contribution in [3.8, 4) is 0 Å². The zero-order valence-electron chi connectivity index (χ0n) is 10.4. The van der Waals surface area contributed by atoms with E-state index in [9.17, 15) is 0 Å². The van der Waals surface area contributed by atoms with Gasteiger partial charge in [0, 0.05) is 25.2 Å². The maximum Gasteiger partial charge on any atom is 0.180 e. The smallest absolute Gasteiger partial charge is 0.180 e. The Labute approximate surface area is 114 Å². The predicted molar refractivity (Wildman–Crippen MR) is 71.8 cm³/mol. The van der Waals surface area contributed by atoms with E-state index in [1.54, 1.807) is 28.6 Å². The van der Waals surface area contributed by atoms with Gasteiger partial charge in [-0.2, -0.15) is 5.10 Å². The number of aryl methyl sites for hydroxylation is 2. The number of hydrogen-bond donors (Lipinski definition) is 1. The molecule has 5 nitrogen and oxygen atoms in total. The van der Waals surface area contributed by atoms with Crippen LogP contribution in [0.5, 0.6) is 0 Å². The molecule has 96 valence electrons. The third kappa shape index (κ3) is 2.57. The fraction of sp³-hybridized carbons (Fsp3) is 0.545. The minimum Gasteiger partial charge on any atom is -0.310 e. The van der Waals surface area contributed by atoms with E-state index in [-0.39, 0.29) is 0 Å². The van der Waals surface area contributed by atoms with Crippen molar-refractivity contribution in [2.45, 2.75) is 41.7 Å². The minimum atomic E-state index is 0.712. The second-order valence-corrected chi connectivity index (χ2v) is 6.52. The lowest BCUT2D eigenvalue weighted by molar-refractivity contribution is 0.658. The number of aromatic nitrogens is 4. The highest BCUT2D eigenvalue weighted by Gasteiger charge is 2.22. The molecule has 18 heavy (non-hydrogen) atoms.